The van der Waals surface area contributed by atoms with Crippen molar-refractivity contribution in [3.05, 3.63) is 41.1 Å². The van der Waals surface area contributed by atoms with E-state index in [9.17, 15) is 5.21 Å². The van der Waals surface area contributed by atoms with Crippen LogP contribution < -0.4 is 5.23 Å². The van der Waals surface area contributed by atoms with Crippen LogP contribution in [0.3, 0.4) is 0 Å². The number of rotatable bonds is 3. The first kappa shape index (κ1) is 13.0. The molecule has 5 heteroatoms. The number of benzene rings is 1. The fraction of sp³-hybridized carbons (Fsp3) is 0.333. The third-order valence-corrected chi connectivity index (χ3v) is 5.67. The Hall–Kier alpha value is -0.460. The first-order valence-electron chi connectivity index (χ1n) is 5.44. The molecule has 0 amide bonds. The Bertz CT molecular complexity index is 409. The summed E-state index contributed by atoms with van der Waals surface area (Å²) < 4.78 is 0.451. The van der Waals surface area contributed by atoms with Gasteiger partial charge < -0.3 is 5.21 Å². The summed E-state index contributed by atoms with van der Waals surface area (Å²) in [5.41, 5.74) is 1.14. The maximum absolute atomic E-state index is 11.0. The van der Waals surface area contributed by atoms with Crippen molar-refractivity contribution in [1.82, 2.24) is 0 Å². The average molecular weight is 269 g/mol. The molecule has 1 aromatic rings. The zero-order valence-electron chi connectivity index (χ0n) is 9.50. The van der Waals surface area contributed by atoms with Crippen LogP contribution in [0, 0.1) is 5.21 Å². The van der Waals surface area contributed by atoms with Gasteiger partial charge in [0.05, 0.1) is 4.58 Å². The van der Waals surface area contributed by atoms with Crippen LogP contribution in [0.25, 0.3) is 6.08 Å². The summed E-state index contributed by atoms with van der Waals surface area (Å²) in [4.78, 5) is 0. The van der Waals surface area contributed by atoms with Gasteiger partial charge in [0.2, 0.25) is 0 Å². The van der Waals surface area contributed by atoms with Gasteiger partial charge in [-0.05, 0) is 6.07 Å². The van der Waals surface area contributed by atoms with Crippen LogP contribution in [0.4, 0.5) is 5.69 Å². The highest BCUT2D eigenvalue weighted by atomic mass is 32.2. The van der Waals surface area contributed by atoms with Gasteiger partial charge in [0.25, 0.3) is 0 Å². The molecular weight excluding hydrogens is 254 g/mol. The second-order valence-corrected chi connectivity index (χ2v) is 6.96. The number of nitrogens with one attached hydrogen (secondary N) is 1. The van der Waals surface area contributed by atoms with E-state index in [2.05, 4.69) is 13.0 Å². The molecule has 1 aromatic carbocycles. The predicted octanol–water partition coefficient (Wildman–Crippen LogP) is 2.30. The highest BCUT2D eigenvalue weighted by molar-refractivity contribution is 8.20. The minimum Gasteiger partial charge on any atom is -0.595 e. The van der Waals surface area contributed by atoms with Gasteiger partial charge in [0.1, 0.15) is 0 Å². The Morgan fingerprint density at radius 2 is 2.24 bits per heavy atom. The molecule has 0 radical (unpaired) electrons. The van der Waals surface area contributed by atoms with Crippen LogP contribution in [0.5, 0.6) is 0 Å². The van der Waals surface area contributed by atoms with E-state index in [0.717, 1.165) is 5.56 Å². The third-order valence-electron chi connectivity index (χ3n) is 2.49. The van der Waals surface area contributed by atoms with Gasteiger partial charge >= 0.3 is 0 Å². The van der Waals surface area contributed by atoms with E-state index in [1.165, 1.54) is 5.75 Å². The summed E-state index contributed by atoms with van der Waals surface area (Å²) in [5.74, 6) is 1.17. The van der Waals surface area contributed by atoms with Crippen LogP contribution in [-0.4, -0.2) is 20.8 Å². The molecule has 3 unspecified atom stereocenters. The number of hydrogen-bond donors (Lipinski definition) is 2. The molecule has 1 aliphatic rings. The van der Waals surface area contributed by atoms with Crippen molar-refractivity contribution in [3.63, 3.8) is 0 Å². The molecule has 3 atom stereocenters. The van der Waals surface area contributed by atoms with Gasteiger partial charge in [-0.1, -0.05) is 31.2 Å². The van der Waals surface area contributed by atoms with E-state index < -0.39 is 5.23 Å². The first-order chi connectivity index (χ1) is 8.16. The predicted molar refractivity (Wildman–Crippen MR) is 74.6 cm³/mol. The highest BCUT2D eigenvalue weighted by Gasteiger charge is 2.20. The second-order valence-electron chi connectivity index (χ2n) is 3.90. The van der Waals surface area contributed by atoms with Crippen molar-refractivity contribution in [2.75, 3.05) is 5.75 Å². The third kappa shape index (κ3) is 3.50. The Kier molecular flexibility index (Phi) is 4.53. The lowest BCUT2D eigenvalue weighted by atomic mass is 10.1. The highest BCUT2D eigenvalue weighted by Crippen LogP contribution is 2.38. The molecule has 0 bridgehead atoms. The number of hydrogen-bond acceptors (Lipinski definition) is 4. The van der Waals surface area contributed by atoms with Crippen molar-refractivity contribution in [2.45, 2.75) is 16.8 Å². The van der Waals surface area contributed by atoms with E-state index in [4.69, 9.17) is 5.21 Å². The maximum atomic E-state index is 11.0. The molecule has 0 aliphatic carbocycles. The fourth-order valence-corrected chi connectivity index (χ4v) is 4.60. The Labute approximate surface area is 109 Å². The van der Waals surface area contributed by atoms with Gasteiger partial charge in [0, 0.05) is 22.6 Å². The Balaban J connectivity index is 2.10. The summed E-state index contributed by atoms with van der Waals surface area (Å²) in [6, 6.07) is 7.10. The van der Waals surface area contributed by atoms with Gasteiger partial charge in [-0.15, -0.1) is 23.5 Å². The molecule has 17 heavy (non-hydrogen) atoms. The molecule has 2 N–H and O–H groups in total. The van der Waals surface area contributed by atoms with E-state index in [-0.39, 0.29) is 0 Å². The summed E-state index contributed by atoms with van der Waals surface area (Å²) in [5, 5.41) is 19.9. The average Bonchev–Trinajstić information content (AvgIpc) is 2.73. The Morgan fingerprint density at radius 1 is 1.47 bits per heavy atom. The number of quaternary nitrogens is 1. The quantitative estimate of drug-likeness (QED) is 0.827. The molecule has 3 nitrogen and oxygen atoms in total. The Morgan fingerprint density at radius 3 is 2.88 bits per heavy atom. The van der Waals surface area contributed by atoms with Gasteiger partial charge in [-0.25, -0.2) is 5.21 Å². The smallest absolute Gasteiger partial charge is 0.171 e. The minimum atomic E-state index is -0.870. The standard InChI is InChI=1S/C12H15NO2S2/c1-9-8-16-12(17-9)7-6-10-4-2-3-5-11(10)13(14)15/h2-7,9,12-14H,8H2,1H3. The van der Waals surface area contributed by atoms with Gasteiger partial charge in [-0.3, -0.25) is 0 Å². The molecule has 0 aromatic heterocycles. The molecule has 0 saturated carbocycles. The molecular formula is C12H15NO2S2. The van der Waals surface area contributed by atoms with Crippen molar-refractivity contribution < 1.29 is 10.4 Å². The molecule has 92 valence electrons. The minimum absolute atomic E-state index is 0.366. The normalized spacial score (nSPS) is 26.5. The fourth-order valence-electron chi connectivity index (χ4n) is 1.66. The number of para-hydroxylation sites is 1. The van der Waals surface area contributed by atoms with Gasteiger partial charge in [0.15, 0.2) is 5.69 Å². The van der Waals surface area contributed by atoms with Crippen LogP contribution >= 0.6 is 23.5 Å². The zero-order valence-corrected chi connectivity index (χ0v) is 11.1. The monoisotopic (exact) mass is 269 g/mol. The van der Waals surface area contributed by atoms with Crippen molar-refractivity contribution in [3.8, 4) is 0 Å². The summed E-state index contributed by atoms with van der Waals surface area (Å²) in [6.07, 6.45) is 4.02. The van der Waals surface area contributed by atoms with E-state index in [1.807, 2.05) is 41.7 Å². The van der Waals surface area contributed by atoms with Crippen molar-refractivity contribution >= 4 is 35.3 Å². The lowest BCUT2D eigenvalue weighted by Crippen LogP contribution is -2.99. The van der Waals surface area contributed by atoms with Crippen LogP contribution in [0.1, 0.15) is 12.5 Å². The summed E-state index contributed by atoms with van der Waals surface area (Å²) in [7, 11) is 0. The van der Waals surface area contributed by atoms with E-state index in [1.54, 1.807) is 12.1 Å². The van der Waals surface area contributed by atoms with Crippen molar-refractivity contribution in [2.24, 2.45) is 0 Å². The molecule has 1 aliphatic heterocycles. The second kappa shape index (κ2) is 5.93. The largest absolute Gasteiger partial charge is 0.595 e. The summed E-state index contributed by atoms with van der Waals surface area (Å²) in [6.45, 7) is 2.22. The van der Waals surface area contributed by atoms with Crippen LogP contribution in [0.15, 0.2) is 30.3 Å². The van der Waals surface area contributed by atoms with Crippen molar-refractivity contribution in [1.29, 1.82) is 0 Å². The van der Waals surface area contributed by atoms with Crippen LogP contribution in [0.2, 0.25) is 0 Å². The molecule has 1 saturated heterocycles. The zero-order chi connectivity index (χ0) is 12.3. The molecule has 1 fully saturated rings. The summed E-state index contributed by atoms with van der Waals surface area (Å²) >= 11 is 3.84. The number of thioether (sulfide) groups is 2. The molecule has 0 spiro atoms. The lowest BCUT2D eigenvalue weighted by molar-refractivity contribution is -0.991. The van der Waals surface area contributed by atoms with E-state index >= 15 is 0 Å². The molecule has 2 rings (SSSR count). The van der Waals surface area contributed by atoms with Crippen LogP contribution in [-0.2, 0) is 0 Å². The topological polar surface area (TPSA) is 47.7 Å². The first-order valence-corrected chi connectivity index (χ1v) is 7.43. The maximum Gasteiger partial charge on any atom is 0.171 e. The molecule has 1 heterocycles. The lowest BCUT2D eigenvalue weighted by Gasteiger charge is -2.13. The van der Waals surface area contributed by atoms with E-state index in [0.29, 0.717) is 15.5 Å². The SMILES string of the molecule is CC1CSC(C=Cc2ccccc2[NH+]([O-])O)S1. The van der Waals surface area contributed by atoms with Gasteiger partial charge in [-0.2, -0.15) is 5.23 Å².